The smallest absolute Gasteiger partial charge is 0.191 e. The third-order valence-corrected chi connectivity index (χ3v) is 7.20. The third-order valence-electron chi connectivity index (χ3n) is 7.20. The van der Waals surface area contributed by atoms with E-state index in [4.69, 9.17) is 4.74 Å². The van der Waals surface area contributed by atoms with E-state index in [-0.39, 0.29) is 0 Å². The molecule has 5 rings (SSSR count). The molecule has 1 aromatic rings. The van der Waals surface area contributed by atoms with Gasteiger partial charge in [-0.15, -0.1) is 0 Å². The van der Waals surface area contributed by atoms with E-state index in [1.807, 2.05) is 7.05 Å². The number of hydrogen-bond acceptors (Lipinski definition) is 3. The SMILES string of the molecule is CN=C(NC1CCN(c2ccccc2)C1)NC1C2CCOC2C12CCC2. The molecule has 2 saturated heterocycles. The lowest BCUT2D eigenvalue weighted by Gasteiger charge is -2.63. The van der Waals surface area contributed by atoms with Crippen molar-refractivity contribution in [2.75, 3.05) is 31.6 Å². The maximum absolute atomic E-state index is 6.04. The number of nitrogens with zero attached hydrogens (tertiary/aromatic N) is 2. The maximum atomic E-state index is 6.04. The van der Waals surface area contributed by atoms with Gasteiger partial charge in [-0.05, 0) is 37.8 Å². The Morgan fingerprint density at radius 1 is 1.19 bits per heavy atom. The average molecular weight is 354 g/mol. The summed E-state index contributed by atoms with van der Waals surface area (Å²) < 4.78 is 6.04. The Balaban J connectivity index is 1.20. The minimum absolute atomic E-state index is 0.393. The van der Waals surface area contributed by atoms with Gasteiger partial charge in [0.2, 0.25) is 0 Å². The summed E-state index contributed by atoms with van der Waals surface area (Å²) in [5.74, 6) is 1.66. The highest BCUT2D eigenvalue weighted by atomic mass is 16.5. The lowest BCUT2D eigenvalue weighted by Crippen LogP contribution is -2.72. The molecule has 2 aliphatic carbocycles. The molecule has 140 valence electrons. The van der Waals surface area contributed by atoms with E-state index in [9.17, 15) is 0 Å². The zero-order chi connectivity index (χ0) is 17.6. The lowest BCUT2D eigenvalue weighted by molar-refractivity contribution is -0.171. The van der Waals surface area contributed by atoms with E-state index in [0.29, 0.717) is 29.5 Å². The normalized spacial score (nSPS) is 35.0. The molecule has 4 atom stereocenters. The van der Waals surface area contributed by atoms with Gasteiger partial charge in [0.05, 0.1) is 6.10 Å². The van der Waals surface area contributed by atoms with Crippen molar-refractivity contribution in [3.8, 4) is 0 Å². The maximum Gasteiger partial charge on any atom is 0.191 e. The molecule has 0 amide bonds. The highest BCUT2D eigenvalue weighted by molar-refractivity contribution is 5.81. The fraction of sp³-hybridized carbons (Fsp3) is 0.667. The summed E-state index contributed by atoms with van der Waals surface area (Å²) in [5.41, 5.74) is 1.71. The monoisotopic (exact) mass is 354 g/mol. The van der Waals surface area contributed by atoms with Crippen LogP contribution in [0.3, 0.4) is 0 Å². The first kappa shape index (κ1) is 16.4. The van der Waals surface area contributed by atoms with E-state index < -0.39 is 0 Å². The van der Waals surface area contributed by atoms with Crippen LogP contribution in [0, 0.1) is 11.3 Å². The molecule has 1 spiro atoms. The Bertz CT molecular complexity index is 672. The van der Waals surface area contributed by atoms with Crippen LogP contribution in [0.25, 0.3) is 0 Å². The molecular formula is C21H30N4O. The topological polar surface area (TPSA) is 48.9 Å². The van der Waals surface area contributed by atoms with E-state index >= 15 is 0 Å². The molecule has 4 fully saturated rings. The van der Waals surface area contributed by atoms with Crippen LogP contribution >= 0.6 is 0 Å². The molecule has 4 unspecified atom stereocenters. The summed E-state index contributed by atoms with van der Waals surface area (Å²) in [7, 11) is 1.90. The van der Waals surface area contributed by atoms with Gasteiger partial charge in [0.15, 0.2) is 5.96 Å². The van der Waals surface area contributed by atoms with Crippen molar-refractivity contribution >= 4 is 11.6 Å². The van der Waals surface area contributed by atoms with E-state index in [1.165, 1.54) is 31.4 Å². The molecule has 2 aliphatic heterocycles. The van der Waals surface area contributed by atoms with Gasteiger partial charge in [-0.2, -0.15) is 0 Å². The van der Waals surface area contributed by atoms with Crippen LogP contribution in [0.5, 0.6) is 0 Å². The summed E-state index contributed by atoms with van der Waals surface area (Å²) >= 11 is 0. The van der Waals surface area contributed by atoms with Crippen molar-refractivity contribution in [1.82, 2.24) is 10.6 Å². The van der Waals surface area contributed by atoms with Gasteiger partial charge in [-0.25, -0.2) is 0 Å². The number of rotatable bonds is 3. The Hall–Kier alpha value is -1.75. The third kappa shape index (κ3) is 2.51. The van der Waals surface area contributed by atoms with Crippen LogP contribution in [0.4, 0.5) is 5.69 Å². The molecule has 4 aliphatic rings. The fourth-order valence-electron chi connectivity index (χ4n) is 5.72. The molecule has 5 nitrogen and oxygen atoms in total. The summed E-state index contributed by atoms with van der Waals surface area (Å²) in [6, 6.07) is 11.7. The minimum atomic E-state index is 0.393. The minimum Gasteiger partial charge on any atom is -0.377 e. The number of nitrogens with one attached hydrogen (secondary N) is 2. The van der Waals surface area contributed by atoms with Gasteiger partial charge in [-0.3, -0.25) is 4.99 Å². The predicted molar refractivity (Wildman–Crippen MR) is 105 cm³/mol. The molecular weight excluding hydrogens is 324 g/mol. The van der Waals surface area contributed by atoms with E-state index in [1.54, 1.807) is 0 Å². The van der Waals surface area contributed by atoms with Crippen molar-refractivity contribution in [3.05, 3.63) is 30.3 Å². The summed E-state index contributed by atoms with van der Waals surface area (Å²) in [4.78, 5) is 7.01. The molecule has 0 bridgehead atoms. The highest BCUT2D eigenvalue weighted by Gasteiger charge is 2.66. The molecule has 2 heterocycles. The Kier molecular flexibility index (Phi) is 4.07. The zero-order valence-electron chi connectivity index (χ0n) is 15.7. The molecule has 0 aromatic heterocycles. The van der Waals surface area contributed by atoms with Crippen molar-refractivity contribution < 1.29 is 4.74 Å². The van der Waals surface area contributed by atoms with Crippen molar-refractivity contribution in [2.24, 2.45) is 16.3 Å². The molecule has 26 heavy (non-hydrogen) atoms. The van der Waals surface area contributed by atoms with E-state index in [2.05, 4.69) is 50.9 Å². The van der Waals surface area contributed by atoms with Crippen LogP contribution in [-0.2, 0) is 4.74 Å². The first-order valence-electron chi connectivity index (χ1n) is 10.2. The Morgan fingerprint density at radius 2 is 2.04 bits per heavy atom. The Morgan fingerprint density at radius 3 is 2.77 bits per heavy atom. The first-order chi connectivity index (χ1) is 12.8. The number of ether oxygens (including phenoxy) is 1. The molecule has 2 saturated carbocycles. The quantitative estimate of drug-likeness (QED) is 0.646. The number of fused-ring (bicyclic) bond motifs is 2. The number of benzene rings is 1. The van der Waals surface area contributed by atoms with Gasteiger partial charge in [0, 0.05) is 55.8 Å². The fourth-order valence-corrected chi connectivity index (χ4v) is 5.72. The summed E-state index contributed by atoms with van der Waals surface area (Å²) in [6.07, 6.45) is 6.84. The highest BCUT2D eigenvalue weighted by Crippen LogP contribution is 2.62. The van der Waals surface area contributed by atoms with E-state index in [0.717, 1.165) is 32.1 Å². The Labute approximate surface area is 156 Å². The van der Waals surface area contributed by atoms with Crippen LogP contribution in [-0.4, -0.2) is 50.9 Å². The molecule has 1 aromatic carbocycles. The van der Waals surface area contributed by atoms with Crippen LogP contribution < -0.4 is 15.5 Å². The number of para-hydroxylation sites is 1. The van der Waals surface area contributed by atoms with Gasteiger partial charge in [0.25, 0.3) is 0 Å². The lowest BCUT2D eigenvalue weighted by atomic mass is 9.46. The number of hydrogen-bond donors (Lipinski definition) is 2. The second kappa shape index (κ2) is 6.45. The van der Waals surface area contributed by atoms with Crippen molar-refractivity contribution in [1.29, 1.82) is 0 Å². The number of anilines is 1. The average Bonchev–Trinajstić information content (AvgIpc) is 3.26. The largest absolute Gasteiger partial charge is 0.377 e. The van der Waals surface area contributed by atoms with Crippen molar-refractivity contribution in [2.45, 2.75) is 50.3 Å². The van der Waals surface area contributed by atoms with Gasteiger partial charge < -0.3 is 20.3 Å². The zero-order valence-corrected chi connectivity index (χ0v) is 15.7. The van der Waals surface area contributed by atoms with Crippen LogP contribution in [0.2, 0.25) is 0 Å². The van der Waals surface area contributed by atoms with Crippen molar-refractivity contribution in [3.63, 3.8) is 0 Å². The summed E-state index contributed by atoms with van der Waals surface area (Å²) in [5, 5.41) is 7.48. The first-order valence-corrected chi connectivity index (χ1v) is 10.2. The summed E-state index contributed by atoms with van der Waals surface area (Å²) in [6.45, 7) is 3.08. The molecule has 0 radical (unpaired) electrons. The van der Waals surface area contributed by atoms with Gasteiger partial charge in [0.1, 0.15) is 0 Å². The number of aliphatic imine (C=N–C) groups is 1. The van der Waals surface area contributed by atoms with Crippen LogP contribution in [0.1, 0.15) is 32.1 Å². The van der Waals surface area contributed by atoms with Gasteiger partial charge in [-0.1, -0.05) is 24.6 Å². The second-order valence-electron chi connectivity index (χ2n) is 8.44. The molecule has 5 heteroatoms. The predicted octanol–water partition coefficient (Wildman–Crippen LogP) is 2.39. The standard InChI is InChI=1S/C21H30N4O/c1-22-20(23-15-8-12-25(14-15)16-6-3-2-4-7-16)24-18-17-9-13-26-19(17)21(18)10-5-11-21/h2-4,6-7,15,17-19H,5,8-14H2,1H3,(H2,22,23,24). The number of guanidine groups is 1. The second-order valence-corrected chi connectivity index (χ2v) is 8.44. The van der Waals surface area contributed by atoms with Crippen LogP contribution in [0.15, 0.2) is 35.3 Å². The van der Waals surface area contributed by atoms with Gasteiger partial charge >= 0.3 is 0 Å². The molecule has 2 N–H and O–H groups in total.